The zero-order valence-corrected chi connectivity index (χ0v) is 5.50. The van der Waals surface area contributed by atoms with Gasteiger partial charge in [0.2, 0.25) is 0 Å². The fourth-order valence-corrected chi connectivity index (χ4v) is 0.358. The molecule has 9 heavy (non-hydrogen) atoms. The molecule has 0 aliphatic carbocycles. The average molecular weight is 219 g/mol. The predicted octanol–water partition coefficient (Wildman–Crippen LogP) is 1.73. The summed E-state index contributed by atoms with van der Waals surface area (Å²) < 4.78 is 4.61. The Kier molecular flexibility index (Phi) is 7.28. The monoisotopic (exact) mass is 218 g/mol. The molecule has 0 saturated heterocycles. The van der Waals surface area contributed by atoms with E-state index in [1.54, 1.807) is 12.1 Å². The summed E-state index contributed by atoms with van der Waals surface area (Å²) in [6.45, 7) is 0. The number of rotatable bonds is 1. The Balaban J connectivity index is 0. The summed E-state index contributed by atoms with van der Waals surface area (Å²) >= 11 is 0. The maximum Gasteiger partial charge on any atom is 0.185 e. The molecule has 0 amide bonds. The number of carbonyl (C=O) groups excluding carboxylic acids is 1. The van der Waals surface area contributed by atoms with Crippen LogP contribution in [0.15, 0.2) is 22.8 Å². The smallest absolute Gasteiger partial charge is 0.185 e. The molecule has 3 heteroatoms. The third kappa shape index (κ3) is 3.23. The zero-order valence-electron chi connectivity index (χ0n) is 3.94. The van der Waals surface area contributed by atoms with Crippen molar-refractivity contribution in [1.29, 1.82) is 0 Å². The minimum atomic E-state index is 0. The number of hydrogen-bond acceptors (Lipinski definition) is 2. The van der Waals surface area contributed by atoms with Crippen LogP contribution in [0, 0.1) is 0 Å². The van der Waals surface area contributed by atoms with Crippen LogP contribution in [0.1, 0.15) is 18.0 Å². The zero-order chi connectivity index (χ0) is 5.11. The normalized spacial score (nSPS) is 6.67. The average Bonchev–Trinajstić information content (AvgIpc) is 2.14. The molecule has 0 unspecified atom stereocenters. The quantitative estimate of drug-likeness (QED) is 0.531. The third-order valence-corrected chi connectivity index (χ3v) is 0.659. The number of aldehydes is 1. The van der Waals surface area contributed by atoms with Crippen LogP contribution in [0.3, 0.4) is 0 Å². The van der Waals surface area contributed by atoms with Crippen LogP contribution in [0.4, 0.5) is 0 Å². The van der Waals surface area contributed by atoms with E-state index in [0.29, 0.717) is 12.0 Å². The molecule has 0 radical (unpaired) electrons. The van der Waals surface area contributed by atoms with Gasteiger partial charge in [0, 0.05) is 20.4 Å². The topological polar surface area (TPSA) is 30.2 Å². The first-order chi connectivity index (χ1) is 3.43. The van der Waals surface area contributed by atoms with Gasteiger partial charge in [0.05, 0.1) is 6.26 Å². The SMILES string of the molecule is C.O=Cc1ccco1.[Pd]. The molecule has 1 heterocycles. The van der Waals surface area contributed by atoms with Gasteiger partial charge in [0.25, 0.3) is 0 Å². The molecule has 0 N–H and O–H groups in total. The van der Waals surface area contributed by atoms with Gasteiger partial charge in [-0.15, -0.1) is 0 Å². The number of furan rings is 1. The Morgan fingerprint density at radius 3 is 2.44 bits per heavy atom. The molecule has 2 nitrogen and oxygen atoms in total. The van der Waals surface area contributed by atoms with Crippen molar-refractivity contribution < 1.29 is 29.6 Å². The Labute approximate surface area is 67.9 Å². The van der Waals surface area contributed by atoms with Crippen LogP contribution >= 0.6 is 0 Å². The van der Waals surface area contributed by atoms with Gasteiger partial charge in [-0.25, -0.2) is 0 Å². The van der Waals surface area contributed by atoms with Gasteiger partial charge in [0.1, 0.15) is 0 Å². The summed E-state index contributed by atoms with van der Waals surface area (Å²) in [5.74, 6) is 0.375. The molecule has 0 fully saturated rings. The molecule has 0 aromatic carbocycles. The van der Waals surface area contributed by atoms with Crippen molar-refractivity contribution in [2.24, 2.45) is 0 Å². The molecule has 0 aliphatic rings. The van der Waals surface area contributed by atoms with E-state index in [-0.39, 0.29) is 27.8 Å². The number of hydrogen-bond donors (Lipinski definition) is 0. The van der Waals surface area contributed by atoms with E-state index < -0.39 is 0 Å². The van der Waals surface area contributed by atoms with E-state index in [2.05, 4.69) is 4.42 Å². The first-order valence-electron chi connectivity index (χ1n) is 1.92. The van der Waals surface area contributed by atoms with Crippen molar-refractivity contribution >= 4 is 6.29 Å². The van der Waals surface area contributed by atoms with Crippen molar-refractivity contribution in [2.45, 2.75) is 7.43 Å². The van der Waals surface area contributed by atoms with Gasteiger partial charge < -0.3 is 4.42 Å². The molecule has 0 saturated carbocycles. The van der Waals surface area contributed by atoms with E-state index in [9.17, 15) is 4.79 Å². The minimum Gasteiger partial charge on any atom is -0.462 e. The first-order valence-corrected chi connectivity index (χ1v) is 1.92. The van der Waals surface area contributed by atoms with Gasteiger partial charge in [0.15, 0.2) is 12.0 Å². The van der Waals surface area contributed by atoms with E-state index in [1.807, 2.05) is 0 Å². The maximum absolute atomic E-state index is 9.77. The molecular formula is C6H8O2Pd. The first kappa shape index (κ1) is 11.4. The second kappa shape index (κ2) is 5.74. The molecule has 0 spiro atoms. The molecule has 54 valence electrons. The minimum absolute atomic E-state index is 0. The second-order valence-corrected chi connectivity index (χ2v) is 1.13. The number of carbonyl (C=O) groups is 1. The van der Waals surface area contributed by atoms with Crippen molar-refractivity contribution in [2.75, 3.05) is 0 Å². The van der Waals surface area contributed by atoms with Gasteiger partial charge >= 0.3 is 0 Å². The summed E-state index contributed by atoms with van der Waals surface area (Å²) in [6.07, 6.45) is 2.13. The van der Waals surface area contributed by atoms with Crippen molar-refractivity contribution in [3.63, 3.8) is 0 Å². The summed E-state index contributed by atoms with van der Waals surface area (Å²) in [6, 6.07) is 3.27. The Hall–Kier alpha value is -0.388. The van der Waals surface area contributed by atoms with Crippen LogP contribution in [0.2, 0.25) is 0 Å². The van der Waals surface area contributed by atoms with Gasteiger partial charge in [-0.1, -0.05) is 7.43 Å². The van der Waals surface area contributed by atoms with E-state index >= 15 is 0 Å². The van der Waals surface area contributed by atoms with Crippen molar-refractivity contribution in [3.05, 3.63) is 24.2 Å². The summed E-state index contributed by atoms with van der Waals surface area (Å²) in [7, 11) is 0. The Morgan fingerprint density at radius 2 is 2.22 bits per heavy atom. The summed E-state index contributed by atoms with van der Waals surface area (Å²) in [4.78, 5) is 9.77. The van der Waals surface area contributed by atoms with Crippen LogP contribution < -0.4 is 0 Å². The molecule has 1 aromatic heterocycles. The predicted molar refractivity (Wildman–Crippen MR) is 30.8 cm³/mol. The largest absolute Gasteiger partial charge is 0.462 e. The van der Waals surface area contributed by atoms with Gasteiger partial charge in [-0.2, -0.15) is 0 Å². The van der Waals surface area contributed by atoms with Crippen LogP contribution in [0.5, 0.6) is 0 Å². The fraction of sp³-hybridized carbons (Fsp3) is 0.167. The Morgan fingerprint density at radius 1 is 1.56 bits per heavy atom. The van der Waals surface area contributed by atoms with E-state index in [4.69, 9.17) is 0 Å². The summed E-state index contributed by atoms with van der Waals surface area (Å²) in [5.41, 5.74) is 0. The van der Waals surface area contributed by atoms with Crippen LogP contribution in [0.25, 0.3) is 0 Å². The molecular weight excluding hydrogens is 210 g/mol. The molecule has 0 atom stereocenters. The van der Waals surface area contributed by atoms with Crippen LogP contribution in [-0.2, 0) is 20.4 Å². The van der Waals surface area contributed by atoms with Crippen LogP contribution in [-0.4, -0.2) is 6.29 Å². The third-order valence-electron chi connectivity index (χ3n) is 0.659. The maximum atomic E-state index is 9.77. The van der Waals surface area contributed by atoms with Crippen molar-refractivity contribution in [3.8, 4) is 0 Å². The fourth-order valence-electron chi connectivity index (χ4n) is 0.358. The van der Waals surface area contributed by atoms with E-state index in [1.165, 1.54) is 6.26 Å². The van der Waals surface area contributed by atoms with Crippen molar-refractivity contribution in [1.82, 2.24) is 0 Å². The summed E-state index contributed by atoms with van der Waals surface area (Å²) in [5, 5.41) is 0. The standard InChI is InChI=1S/C5H4O2.CH4.Pd/c6-4-5-2-1-3-7-5;;/h1-4H;1H4;. The van der Waals surface area contributed by atoms with Gasteiger partial charge in [-0.05, 0) is 12.1 Å². The second-order valence-electron chi connectivity index (χ2n) is 1.13. The molecule has 0 aliphatic heterocycles. The van der Waals surface area contributed by atoms with E-state index in [0.717, 1.165) is 0 Å². The Bertz CT molecular complexity index is 146. The molecule has 1 rings (SSSR count). The molecule has 1 aromatic rings. The van der Waals surface area contributed by atoms with Gasteiger partial charge in [-0.3, -0.25) is 4.79 Å². The molecule has 0 bridgehead atoms.